The molecule has 1 amide bonds. The molecule has 0 radical (unpaired) electrons. The van der Waals surface area contributed by atoms with Crippen molar-refractivity contribution >= 4 is 22.9 Å². The number of pyridine rings is 1. The van der Waals surface area contributed by atoms with E-state index in [0.717, 1.165) is 11.1 Å². The fraction of sp³-hybridized carbons (Fsp3) is 0.231. The van der Waals surface area contributed by atoms with Crippen LogP contribution in [0.1, 0.15) is 26.9 Å². The Morgan fingerprint density at radius 3 is 2.83 bits per heavy atom. The van der Waals surface area contributed by atoms with Crippen LogP contribution in [-0.2, 0) is 12.7 Å². The molecule has 0 bridgehead atoms. The summed E-state index contributed by atoms with van der Waals surface area (Å²) in [5.41, 5.74) is -0.911. The summed E-state index contributed by atoms with van der Waals surface area (Å²) in [5.74, 6) is -0.218. The fourth-order valence-corrected chi connectivity index (χ4v) is 2.62. The monoisotopic (exact) mass is 341 g/mol. The van der Waals surface area contributed by atoms with Gasteiger partial charge >= 0.3 is 6.18 Å². The van der Waals surface area contributed by atoms with Crippen LogP contribution >= 0.6 is 11.3 Å². The molecule has 0 aliphatic heterocycles. The lowest BCUT2D eigenvalue weighted by Gasteiger charge is -2.07. The Bertz CT molecular complexity index is 870. The van der Waals surface area contributed by atoms with Crippen LogP contribution in [0.3, 0.4) is 0 Å². The Balaban J connectivity index is 1.83. The van der Waals surface area contributed by atoms with E-state index in [4.69, 9.17) is 0 Å². The predicted molar refractivity (Wildman–Crippen MR) is 76.0 cm³/mol. The SMILES string of the molecule is Cc1nc(C(=O)NCc2nnc3c(C(F)(F)F)cccn23)cs1. The molecule has 1 N–H and O–H groups in total. The van der Waals surface area contributed by atoms with Crippen molar-refractivity contribution in [3.05, 3.63) is 45.8 Å². The van der Waals surface area contributed by atoms with E-state index >= 15 is 0 Å². The number of nitrogens with one attached hydrogen (secondary N) is 1. The Labute approximate surface area is 132 Å². The quantitative estimate of drug-likeness (QED) is 0.794. The second-order valence-corrected chi connectivity index (χ2v) is 5.73. The van der Waals surface area contributed by atoms with E-state index in [2.05, 4.69) is 20.5 Å². The van der Waals surface area contributed by atoms with Gasteiger partial charge in [0, 0.05) is 11.6 Å². The molecular weight excluding hydrogens is 331 g/mol. The van der Waals surface area contributed by atoms with Crippen molar-refractivity contribution in [2.24, 2.45) is 0 Å². The van der Waals surface area contributed by atoms with Gasteiger partial charge in [-0.15, -0.1) is 21.5 Å². The first-order chi connectivity index (χ1) is 10.9. The van der Waals surface area contributed by atoms with Crippen molar-refractivity contribution in [2.45, 2.75) is 19.6 Å². The van der Waals surface area contributed by atoms with Gasteiger partial charge in [0.25, 0.3) is 5.91 Å². The molecule has 3 aromatic rings. The van der Waals surface area contributed by atoms with E-state index in [1.807, 2.05) is 0 Å². The van der Waals surface area contributed by atoms with Gasteiger partial charge in [-0.05, 0) is 19.1 Å². The molecule has 0 aromatic carbocycles. The highest BCUT2D eigenvalue weighted by Crippen LogP contribution is 2.31. The Morgan fingerprint density at radius 1 is 1.39 bits per heavy atom. The van der Waals surface area contributed by atoms with E-state index in [9.17, 15) is 18.0 Å². The second-order valence-electron chi connectivity index (χ2n) is 4.66. The summed E-state index contributed by atoms with van der Waals surface area (Å²) in [7, 11) is 0. The van der Waals surface area contributed by atoms with Gasteiger partial charge in [0.1, 0.15) is 11.3 Å². The van der Waals surface area contributed by atoms with Crippen LogP contribution in [0.15, 0.2) is 23.7 Å². The van der Waals surface area contributed by atoms with Crippen molar-refractivity contribution in [1.29, 1.82) is 0 Å². The van der Waals surface area contributed by atoms with Gasteiger partial charge < -0.3 is 5.32 Å². The van der Waals surface area contributed by atoms with Gasteiger partial charge in [0.2, 0.25) is 0 Å². The van der Waals surface area contributed by atoms with Gasteiger partial charge in [-0.2, -0.15) is 13.2 Å². The maximum absolute atomic E-state index is 12.9. The summed E-state index contributed by atoms with van der Waals surface area (Å²) in [5, 5.41) is 12.2. The summed E-state index contributed by atoms with van der Waals surface area (Å²) in [6.07, 6.45) is -3.10. The molecule has 10 heteroatoms. The molecule has 3 rings (SSSR count). The van der Waals surface area contributed by atoms with Crippen LogP contribution in [-0.4, -0.2) is 25.5 Å². The molecule has 23 heavy (non-hydrogen) atoms. The lowest BCUT2D eigenvalue weighted by atomic mass is 10.2. The molecule has 0 fully saturated rings. The molecule has 0 atom stereocenters. The number of hydrogen-bond donors (Lipinski definition) is 1. The van der Waals surface area contributed by atoms with Crippen molar-refractivity contribution in [2.75, 3.05) is 0 Å². The Morgan fingerprint density at radius 2 is 2.17 bits per heavy atom. The smallest absolute Gasteiger partial charge is 0.343 e. The number of aryl methyl sites for hydroxylation is 1. The van der Waals surface area contributed by atoms with Crippen molar-refractivity contribution in [3.63, 3.8) is 0 Å². The maximum Gasteiger partial charge on any atom is 0.420 e. The van der Waals surface area contributed by atoms with E-state index in [-0.39, 0.29) is 23.7 Å². The van der Waals surface area contributed by atoms with Crippen molar-refractivity contribution < 1.29 is 18.0 Å². The van der Waals surface area contributed by atoms with Gasteiger partial charge in [-0.3, -0.25) is 9.20 Å². The molecule has 0 aliphatic rings. The van der Waals surface area contributed by atoms with Crippen LogP contribution in [0.4, 0.5) is 13.2 Å². The first-order valence-electron chi connectivity index (χ1n) is 6.46. The number of amides is 1. The molecule has 0 spiro atoms. The van der Waals surface area contributed by atoms with Crippen LogP contribution in [0.2, 0.25) is 0 Å². The minimum absolute atomic E-state index is 0.0577. The molecule has 3 heterocycles. The van der Waals surface area contributed by atoms with Crippen LogP contribution in [0.25, 0.3) is 5.65 Å². The molecular formula is C13H10F3N5OS. The number of hydrogen-bond acceptors (Lipinski definition) is 5. The van der Waals surface area contributed by atoms with Crippen LogP contribution in [0.5, 0.6) is 0 Å². The number of halogens is 3. The number of rotatable bonds is 3. The first kappa shape index (κ1) is 15.4. The zero-order valence-electron chi connectivity index (χ0n) is 11.8. The topological polar surface area (TPSA) is 72.2 Å². The highest BCUT2D eigenvalue weighted by Gasteiger charge is 2.34. The van der Waals surface area contributed by atoms with E-state index < -0.39 is 17.6 Å². The lowest BCUT2D eigenvalue weighted by molar-refractivity contribution is -0.136. The maximum atomic E-state index is 12.9. The van der Waals surface area contributed by atoms with Gasteiger partial charge in [-0.1, -0.05) is 0 Å². The number of carbonyl (C=O) groups excluding carboxylic acids is 1. The minimum Gasteiger partial charge on any atom is -0.343 e. The molecule has 3 aromatic heterocycles. The highest BCUT2D eigenvalue weighted by atomic mass is 32.1. The van der Waals surface area contributed by atoms with Gasteiger partial charge in [0.15, 0.2) is 11.5 Å². The first-order valence-corrected chi connectivity index (χ1v) is 7.34. The third-order valence-corrected chi connectivity index (χ3v) is 3.84. The lowest BCUT2D eigenvalue weighted by Crippen LogP contribution is -2.24. The molecule has 0 saturated carbocycles. The molecule has 120 valence electrons. The largest absolute Gasteiger partial charge is 0.420 e. The number of thiazole rings is 1. The molecule has 0 saturated heterocycles. The minimum atomic E-state index is -4.52. The third-order valence-electron chi connectivity index (χ3n) is 3.07. The predicted octanol–water partition coefficient (Wildman–Crippen LogP) is 2.44. The van der Waals surface area contributed by atoms with Crippen LogP contribution in [0, 0.1) is 6.92 Å². The molecule has 0 unspecified atom stereocenters. The molecule has 6 nitrogen and oxygen atoms in total. The summed E-state index contributed by atoms with van der Waals surface area (Å²) in [4.78, 5) is 15.9. The van der Waals surface area contributed by atoms with Crippen molar-refractivity contribution in [3.8, 4) is 0 Å². The van der Waals surface area contributed by atoms with E-state index in [1.165, 1.54) is 28.0 Å². The normalized spacial score (nSPS) is 11.8. The average molecular weight is 341 g/mol. The summed E-state index contributed by atoms with van der Waals surface area (Å²) in [6.45, 7) is 1.71. The molecule has 0 aliphatic carbocycles. The number of carbonyl (C=O) groups is 1. The van der Waals surface area contributed by atoms with Gasteiger partial charge in [-0.25, -0.2) is 4.98 Å². The van der Waals surface area contributed by atoms with Crippen LogP contribution < -0.4 is 5.32 Å². The van der Waals surface area contributed by atoms with E-state index in [0.29, 0.717) is 0 Å². The van der Waals surface area contributed by atoms with Crippen molar-refractivity contribution in [1.82, 2.24) is 24.9 Å². The third kappa shape index (κ3) is 3.02. The number of fused-ring (bicyclic) bond motifs is 1. The summed E-state index contributed by atoms with van der Waals surface area (Å²) < 4.78 is 39.9. The highest BCUT2D eigenvalue weighted by molar-refractivity contribution is 7.09. The zero-order valence-corrected chi connectivity index (χ0v) is 12.6. The number of alkyl halides is 3. The Hall–Kier alpha value is -2.49. The number of nitrogens with zero attached hydrogens (tertiary/aromatic N) is 4. The standard InChI is InChI=1S/C13H10F3N5OS/c1-7-18-9(6-23-7)12(22)17-5-10-19-20-11-8(13(14,15)16)3-2-4-21(10)11/h2-4,6H,5H2,1H3,(H,17,22). The average Bonchev–Trinajstić information content (AvgIpc) is 3.09. The summed E-state index contributed by atoms with van der Waals surface area (Å²) in [6, 6.07) is 2.19. The zero-order chi connectivity index (χ0) is 16.6. The number of aromatic nitrogens is 4. The van der Waals surface area contributed by atoms with Gasteiger partial charge in [0.05, 0.1) is 11.6 Å². The second kappa shape index (κ2) is 5.61. The Kier molecular flexibility index (Phi) is 3.76. The summed E-state index contributed by atoms with van der Waals surface area (Å²) >= 11 is 1.33. The fourth-order valence-electron chi connectivity index (χ4n) is 2.02. The van der Waals surface area contributed by atoms with E-state index in [1.54, 1.807) is 12.3 Å².